The summed E-state index contributed by atoms with van der Waals surface area (Å²) in [5.41, 5.74) is 8.15. The first kappa shape index (κ1) is 20.9. The predicted octanol–water partition coefficient (Wildman–Crippen LogP) is 5.83. The maximum Gasteiger partial charge on any atom is 0.121 e. The van der Waals surface area contributed by atoms with Crippen LogP contribution in [0.15, 0.2) is 18.2 Å². The third-order valence-electron chi connectivity index (χ3n) is 9.28. The van der Waals surface area contributed by atoms with Gasteiger partial charge in [-0.05, 0) is 128 Å². The number of hydrogen-bond acceptors (Lipinski definition) is 3. The average molecular weight is 421 g/mol. The van der Waals surface area contributed by atoms with Gasteiger partial charge in [-0.25, -0.2) is 0 Å². The van der Waals surface area contributed by atoms with E-state index in [4.69, 9.17) is 0 Å². The zero-order valence-electron chi connectivity index (χ0n) is 19.3. The highest BCUT2D eigenvalue weighted by Gasteiger charge is 2.54. The van der Waals surface area contributed by atoms with Crippen molar-refractivity contribution in [3.8, 4) is 11.5 Å². The van der Waals surface area contributed by atoms with E-state index in [1.54, 1.807) is 0 Å². The number of phenols is 2. The van der Waals surface area contributed by atoms with Gasteiger partial charge < -0.3 is 15.3 Å². The van der Waals surface area contributed by atoms with Crippen LogP contribution >= 0.6 is 0 Å². The molecule has 0 aliphatic heterocycles. The van der Waals surface area contributed by atoms with Gasteiger partial charge in [-0.2, -0.15) is 0 Å². The smallest absolute Gasteiger partial charge is 0.121 e. The van der Waals surface area contributed by atoms with E-state index in [2.05, 4.69) is 26.0 Å². The molecule has 0 spiro atoms. The lowest BCUT2D eigenvalue weighted by molar-refractivity contribution is -0.0229. The van der Waals surface area contributed by atoms with Gasteiger partial charge >= 0.3 is 0 Å². The Kier molecular flexibility index (Phi) is 4.89. The van der Waals surface area contributed by atoms with Crippen LogP contribution in [0, 0.1) is 38.0 Å². The first-order chi connectivity index (χ1) is 14.7. The number of aromatic hydroxyl groups is 2. The fourth-order valence-corrected chi connectivity index (χ4v) is 7.52. The number of hydrogen-bond donors (Lipinski definition) is 3. The highest BCUT2D eigenvalue weighted by atomic mass is 16.3. The Morgan fingerprint density at radius 1 is 0.968 bits per heavy atom. The minimum Gasteiger partial charge on any atom is -0.508 e. The van der Waals surface area contributed by atoms with Crippen molar-refractivity contribution in [2.75, 3.05) is 0 Å². The monoisotopic (exact) mass is 420 g/mol. The third-order valence-corrected chi connectivity index (χ3v) is 9.28. The molecule has 3 N–H and O–H groups in total. The van der Waals surface area contributed by atoms with Crippen molar-refractivity contribution in [2.45, 2.75) is 84.7 Å². The number of phenolic OH excluding ortho intramolecular Hbond substituents is 2. The Hall–Kier alpha value is -2.00. The molecular weight excluding hydrogens is 384 g/mol. The van der Waals surface area contributed by atoms with Crippen molar-refractivity contribution in [1.82, 2.24) is 0 Å². The molecule has 0 radical (unpaired) electrons. The van der Waals surface area contributed by atoms with E-state index in [9.17, 15) is 15.3 Å². The summed E-state index contributed by atoms with van der Waals surface area (Å²) >= 11 is 0. The van der Waals surface area contributed by atoms with Gasteiger partial charge in [-0.1, -0.05) is 19.1 Å². The van der Waals surface area contributed by atoms with Gasteiger partial charge in [-0.3, -0.25) is 0 Å². The van der Waals surface area contributed by atoms with E-state index in [-0.39, 0.29) is 11.5 Å². The molecule has 2 aromatic carbocycles. The summed E-state index contributed by atoms with van der Waals surface area (Å²) in [5.74, 6) is 2.44. The minimum absolute atomic E-state index is 0.0673. The molecule has 3 aliphatic carbocycles. The van der Waals surface area contributed by atoms with Gasteiger partial charge in [-0.15, -0.1) is 0 Å². The number of aryl methyl sites for hydroxylation is 2. The van der Waals surface area contributed by atoms with E-state index in [1.807, 2.05) is 19.9 Å². The van der Waals surface area contributed by atoms with E-state index in [0.717, 1.165) is 49.7 Å². The van der Waals surface area contributed by atoms with Crippen LogP contribution in [0.5, 0.6) is 11.5 Å². The Bertz CT molecular complexity index is 1020. The summed E-state index contributed by atoms with van der Waals surface area (Å²) in [6.45, 7) is 8.41. The molecule has 2 fully saturated rings. The molecule has 0 bridgehead atoms. The molecule has 31 heavy (non-hydrogen) atoms. The van der Waals surface area contributed by atoms with E-state index in [1.165, 1.54) is 34.2 Å². The quantitative estimate of drug-likeness (QED) is 0.573. The lowest BCUT2D eigenvalue weighted by atomic mass is 9.55. The van der Waals surface area contributed by atoms with Gasteiger partial charge in [0.15, 0.2) is 0 Å². The highest BCUT2D eigenvalue weighted by Crippen LogP contribution is 2.62. The number of aliphatic hydroxyl groups excluding tert-OH is 1. The molecule has 166 valence electrons. The minimum atomic E-state index is -0.158. The first-order valence-corrected chi connectivity index (χ1v) is 12.0. The lowest BCUT2D eigenvalue weighted by Crippen LogP contribution is -2.44. The van der Waals surface area contributed by atoms with E-state index in [0.29, 0.717) is 29.3 Å². The number of fused-ring (bicyclic) bond motifs is 5. The summed E-state index contributed by atoms with van der Waals surface area (Å²) in [7, 11) is 0. The lowest BCUT2D eigenvalue weighted by Gasteiger charge is -2.50. The summed E-state index contributed by atoms with van der Waals surface area (Å²) in [6.07, 6.45) is 7.02. The Labute approximate surface area is 186 Å². The first-order valence-electron chi connectivity index (χ1n) is 12.0. The molecule has 2 aromatic rings. The fourth-order valence-electron chi connectivity index (χ4n) is 7.52. The molecule has 0 aromatic heterocycles. The second-order valence-corrected chi connectivity index (χ2v) is 10.9. The molecule has 5 atom stereocenters. The van der Waals surface area contributed by atoms with Gasteiger partial charge in [0.1, 0.15) is 11.5 Å². The van der Waals surface area contributed by atoms with Gasteiger partial charge in [0.05, 0.1) is 6.10 Å². The largest absolute Gasteiger partial charge is 0.508 e. The molecule has 0 unspecified atom stereocenters. The molecule has 3 aliphatic rings. The standard InChI is InChI=1S/C28H36O3/c1-15-11-18(12-16(2)27(15)31)13-19-14-24(29)26-20(17(19)3)5-6-21-22(26)9-10-28(4)23(21)7-8-25(28)30/h11-12,14,21-23,25,29-31H,5-10,13H2,1-4H3/t21-,22+,23+,25+,28+/m1/s1. The van der Waals surface area contributed by atoms with Crippen molar-refractivity contribution in [3.63, 3.8) is 0 Å². The number of benzene rings is 2. The number of aliphatic hydroxyl groups is 1. The summed E-state index contributed by atoms with van der Waals surface area (Å²) < 4.78 is 0. The van der Waals surface area contributed by atoms with Crippen molar-refractivity contribution in [2.24, 2.45) is 17.3 Å². The predicted molar refractivity (Wildman–Crippen MR) is 124 cm³/mol. The van der Waals surface area contributed by atoms with Crippen LogP contribution in [-0.4, -0.2) is 21.4 Å². The van der Waals surface area contributed by atoms with Gasteiger partial charge in [0.2, 0.25) is 0 Å². The topological polar surface area (TPSA) is 60.7 Å². The van der Waals surface area contributed by atoms with Crippen LogP contribution in [0.1, 0.15) is 83.9 Å². The van der Waals surface area contributed by atoms with Gasteiger partial charge in [0, 0.05) is 5.56 Å². The molecule has 2 saturated carbocycles. The second kappa shape index (κ2) is 7.27. The molecule has 5 rings (SSSR count). The van der Waals surface area contributed by atoms with Crippen LogP contribution in [0.25, 0.3) is 0 Å². The maximum atomic E-state index is 11.2. The molecule has 0 heterocycles. The second-order valence-electron chi connectivity index (χ2n) is 10.9. The molecule has 3 nitrogen and oxygen atoms in total. The summed E-state index contributed by atoms with van der Waals surface area (Å²) in [6, 6.07) is 6.12. The van der Waals surface area contributed by atoms with Crippen molar-refractivity contribution in [3.05, 3.63) is 57.1 Å². The SMILES string of the molecule is Cc1cc(Cc2cc(O)c3c(c2C)CC[C@@H]2[C@@H]3CC[C@]3(C)[C@@H](O)CC[C@@H]23)cc(C)c1O. The van der Waals surface area contributed by atoms with Crippen LogP contribution in [0.3, 0.4) is 0 Å². The summed E-state index contributed by atoms with van der Waals surface area (Å²) in [4.78, 5) is 0. The molecule has 0 amide bonds. The fraction of sp³-hybridized carbons (Fsp3) is 0.571. The maximum absolute atomic E-state index is 11.2. The average Bonchev–Trinajstić information content (AvgIpc) is 3.04. The molecular formula is C28H36O3. The zero-order chi connectivity index (χ0) is 22.1. The number of rotatable bonds is 2. The van der Waals surface area contributed by atoms with Crippen LogP contribution in [-0.2, 0) is 12.8 Å². The van der Waals surface area contributed by atoms with E-state index < -0.39 is 0 Å². The molecule has 0 saturated heterocycles. The van der Waals surface area contributed by atoms with Crippen LogP contribution in [0.4, 0.5) is 0 Å². The Morgan fingerprint density at radius 2 is 1.68 bits per heavy atom. The van der Waals surface area contributed by atoms with Gasteiger partial charge in [0.25, 0.3) is 0 Å². The Morgan fingerprint density at radius 3 is 2.39 bits per heavy atom. The summed E-state index contributed by atoms with van der Waals surface area (Å²) in [5, 5.41) is 31.9. The van der Waals surface area contributed by atoms with Crippen molar-refractivity contribution >= 4 is 0 Å². The van der Waals surface area contributed by atoms with Crippen molar-refractivity contribution < 1.29 is 15.3 Å². The van der Waals surface area contributed by atoms with Crippen LogP contribution in [0.2, 0.25) is 0 Å². The highest BCUT2D eigenvalue weighted by molar-refractivity contribution is 5.54. The molecule has 3 heteroatoms. The Balaban J connectivity index is 1.50. The third kappa shape index (κ3) is 3.11. The van der Waals surface area contributed by atoms with E-state index >= 15 is 0 Å². The van der Waals surface area contributed by atoms with Crippen molar-refractivity contribution in [1.29, 1.82) is 0 Å². The normalized spacial score (nSPS) is 31.8. The van der Waals surface area contributed by atoms with Crippen LogP contribution < -0.4 is 0 Å². The zero-order valence-corrected chi connectivity index (χ0v) is 19.3.